The predicted octanol–water partition coefficient (Wildman–Crippen LogP) is 2.46. The van der Waals surface area contributed by atoms with Gasteiger partial charge in [-0.05, 0) is 19.1 Å². The summed E-state index contributed by atoms with van der Waals surface area (Å²) in [4.78, 5) is 11.8. The maximum absolute atomic E-state index is 11.8. The number of aromatic hydroxyl groups is 1. The Morgan fingerprint density at radius 1 is 1.53 bits per heavy atom. The molecule has 0 spiro atoms. The van der Waals surface area contributed by atoms with E-state index in [-0.39, 0.29) is 27.4 Å². The van der Waals surface area contributed by atoms with Crippen LogP contribution in [0.4, 0.5) is 0 Å². The Labute approximate surface area is 109 Å². The highest BCUT2D eigenvalue weighted by Crippen LogP contribution is 2.29. The molecule has 0 heterocycles. The van der Waals surface area contributed by atoms with Crippen molar-refractivity contribution in [3.8, 4) is 5.75 Å². The number of phenolic OH excluding ortho intramolecular Hbond substituents is 1. The molecular formula is C11H13Cl2NO3. The zero-order valence-corrected chi connectivity index (χ0v) is 11.0. The Hall–Kier alpha value is -0.970. The van der Waals surface area contributed by atoms with Gasteiger partial charge in [-0.25, -0.2) is 0 Å². The lowest BCUT2D eigenvalue weighted by molar-refractivity contribution is 0.0903. The topological polar surface area (TPSA) is 58.6 Å². The molecule has 0 aromatic heterocycles. The zero-order valence-electron chi connectivity index (χ0n) is 9.46. The molecule has 0 fully saturated rings. The smallest absolute Gasteiger partial charge is 0.256 e. The van der Waals surface area contributed by atoms with E-state index in [1.165, 1.54) is 19.2 Å². The average molecular weight is 278 g/mol. The maximum atomic E-state index is 11.8. The van der Waals surface area contributed by atoms with Gasteiger partial charge in [0.2, 0.25) is 0 Å². The SMILES string of the molecule is COCC(C)NC(=O)c1c(O)cc(Cl)cc1Cl. The largest absolute Gasteiger partial charge is 0.507 e. The standard InChI is InChI=1S/C11H13Cl2NO3/c1-6(5-17-2)14-11(16)10-8(13)3-7(12)4-9(10)15/h3-4,6,15H,5H2,1-2H3,(H,14,16). The second-order valence-corrected chi connectivity index (χ2v) is 4.46. The molecule has 17 heavy (non-hydrogen) atoms. The monoisotopic (exact) mass is 277 g/mol. The third-order valence-corrected chi connectivity index (χ3v) is 2.57. The summed E-state index contributed by atoms with van der Waals surface area (Å²) in [5.41, 5.74) is 0.0130. The summed E-state index contributed by atoms with van der Waals surface area (Å²) < 4.78 is 4.89. The van der Waals surface area contributed by atoms with E-state index in [1.807, 2.05) is 0 Å². The summed E-state index contributed by atoms with van der Waals surface area (Å²) in [6.07, 6.45) is 0. The van der Waals surface area contributed by atoms with E-state index < -0.39 is 5.91 Å². The molecule has 1 rings (SSSR count). The van der Waals surface area contributed by atoms with Crippen LogP contribution in [0.1, 0.15) is 17.3 Å². The van der Waals surface area contributed by atoms with E-state index in [9.17, 15) is 9.90 Å². The quantitative estimate of drug-likeness (QED) is 0.889. The first-order valence-electron chi connectivity index (χ1n) is 4.93. The Morgan fingerprint density at radius 2 is 2.18 bits per heavy atom. The molecule has 0 radical (unpaired) electrons. The molecular weight excluding hydrogens is 265 g/mol. The number of benzene rings is 1. The highest BCUT2D eigenvalue weighted by molar-refractivity contribution is 6.37. The van der Waals surface area contributed by atoms with Gasteiger partial charge >= 0.3 is 0 Å². The molecule has 4 nitrogen and oxygen atoms in total. The van der Waals surface area contributed by atoms with Crippen LogP contribution in [-0.4, -0.2) is 30.8 Å². The van der Waals surface area contributed by atoms with Gasteiger partial charge in [-0.2, -0.15) is 0 Å². The minimum Gasteiger partial charge on any atom is -0.507 e. The van der Waals surface area contributed by atoms with Crippen LogP contribution < -0.4 is 5.32 Å². The molecule has 0 bridgehead atoms. The Balaban J connectivity index is 2.89. The van der Waals surface area contributed by atoms with Gasteiger partial charge in [-0.3, -0.25) is 4.79 Å². The van der Waals surface area contributed by atoms with Gasteiger partial charge in [0.1, 0.15) is 5.75 Å². The van der Waals surface area contributed by atoms with Crippen molar-refractivity contribution < 1.29 is 14.6 Å². The van der Waals surface area contributed by atoms with Gasteiger partial charge in [-0.1, -0.05) is 23.2 Å². The molecule has 0 aliphatic heterocycles. The fourth-order valence-electron chi connectivity index (χ4n) is 1.37. The highest BCUT2D eigenvalue weighted by Gasteiger charge is 2.18. The van der Waals surface area contributed by atoms with Crippen molar-refractivity contribution in [2.75, 3.05) is 13.7 Å². The van der Waals surface area contributed by atoms with Gasteiger partial charge in [0, 0.05) is 18.2 Å². The molecule has 1 aromatic rings. The summed E-state index contributed by atoms with van der Waals surface area (Å²) in [5.74, 6) is -0.710. The fraction of sp³-hybridized carbons (Fsp3) is 0.364. The first-order chi connectivity index (χ1) is 7.95. The van der Waals surface area contributed by atoms with Crippen molar-refractivity contribution in [3.63, 3.8) is 0 Å². The number of methoxy groups -OCH3 is 1. The van der Waals surface area contributed by atoms with Crippen LogP contribution in [0, 0.1) is 0 Å². The fourth-order valence-corrected chi connectivity index (χ4v) is 1.94. The van der Waals surface area contributed by atoms with Crippen molar-refractivity contribution in [2.24, 2.45) is 0 Å². The molecule has 1 atom stereocenters. The van der Waals surface area contributed by atoms with Crippen LogP contribution in [0.3, 0.4) is 0 Å². The van der Waals surface area contributed by atoms with E-state index in [2.05, 4.69) is 5.32 Å². The third-order valence-electron chi connectivity index (χ3n) is 2.06. The molecule has 1 amide bonds. The summed E-state index contributed by atoms with van der Waals surface area (Å²) in [6.45, 7) is 2.15. The Bertz CT molecular complexity index is 400. The van der Waals surface area contributed by atoms with Gasteiger partial charge in [0.15, 0.2) is 0 Å². The molecule has 6 heteroatoms. The third kappa shape index (κ3) is 3.77. The van der Waals surface area contributed by atoms with E-state index in [0.717, 1.165) is 0 Å². The van der Waals surface area contributed by atoms with Crippen molar-refractivity contribution in [2.45, 2.75) is 13.0 Å². The van der Waals surface area contributed by atoms with Gasteiger partial charge in [0.25, 0.3) is 5.91 Å². The first kappa shape index (κ1) is 14.1. The van der Waals surface area contributed by atoms with E-state index in [0.29, 0.717) is 6.61 Å². The summed E-state index contributed by atoms with van der Waals surface area (Å²) in [7, 11) is 1.54. The second-order valence-electron chi connectivity index (χ2n) is 3.61. The highest BCUT2D eigenvalue weighted by atomic mass is 35.5. The maximum Gasteiger partial charge on any atom is 0.256 e. The van der Waals surface area contributed by atoms with Gasteiger partial charge < -0.3 is 15.2 Å². The number of nitrogens with one attached hydrogen (secondary N) is 1. The van der Waals surface area contributed by atoms with Crippen molar-refractivity contribution >= 4 is 29.1 Å². The lowest BCUT2D eigenvalue weighted by Gasteiger charge is -2.14. The van der Waals surface area contributed by atoms with Gasteiger partial charge in [-0.15, -0.1) is 0 Å². The number of halogens is 2. The molecule has 94 valence electrons. The van der Waals surface area contributed by atoms with Crippen LogP contribution in [-0.2, 0) is 4.74 Å². The number of carbonyl (C=O) groups is 1. The zero-order chi connectivity index (χ0) is 13.0. The van der Waals surface area contributed by atoms with E-state index in [4.69, 9.17) is 27.9 Å². The summed E-state index contributed by atoms with van der Waals surface area (Å²) >= 11 is 11.5. The first-order valence-corrected chi connectivity index (χ1v) is 5.69. The van der Waals surface area contributed by atoms with Crippen molar-refractivity contribution in [3.05, 3.63) is 27.7 Å². The van der Waals surface area contributed by atoms with Crippen molar-refractivity contribution in [1.29, 1.82) is 0 Å². The lowest BCUT2D eigenvalue weighted by Crippen LogP contribution is -2.35. The van der Waals surface area contributed by atoms with E-state index >= 15 is 0 Å². The minimum absolute atomic E-state index is 0.0130. The van der Waals surface area contributed by atoms with Crippen molar-refractivity contribution in [1.82, 2.24) is 5.32 Å². The van der Waals surface area contributed by atoms with Crippen LogP contribution >= 0.6 is 23.2 Å². The molecule has 1 unspecified atom stereocenters. The normalized spacial score (nSPS) is 12.2. The molecule has 1 aromatic carbocycles. The number of carbonyl (C=O) groups excluding carboxylic acids is 1. The average Bonchev–Trinajstić information content (AvgIpc) is 2.15. The number of ether oxygens (including phenoxy) is 1. The van der Waals surface area contributed by atoms with Crippen LogP contribution in [0.5, 0.6) is 5.75 Å². The molecule has 0 saturated heterocycles. The van der Waals surface area contributed by atoms with Crippen LogP contribution in [0.15, 0.2) is 12.1 Å². The Morgan fingerprint density at radius 3 is 2.71 bits per heavy atom. The number of hydrogen-bond acceptors (Lipinski definition) is 3. The molecule has 2 N–H and O–H groups in total. The number of amides is 1. The Kier molecular flexibility index (Phi) is 5.05. The summed E-state index contributed by atoms with van der Waals surface area (Å²) in [5, 5.41) is 12.7. The van der Waals surface area contributed by atoms with Crippen LogP contribution in [0.2, 0.25) is 10.0 Å². The lowest BCUT2D eigenvalue weighted by atomic mass is 10.1. The van der Waals surface area contributed by atoms with Gasteiger partial charge in [0.05, 0.1) is 17.2 Å². The van der Waals surface area contributed by atoms with Crippen LogP contribution in [0.25, 0.3) is 0 Å². The predicted molar refractivity (Wildman–Crippen MR) is 66.9 cm³/mol. The number of hydrogen-bond donors (Lipinski definition) is 2. The molecule has 0 saturated carbocycles. The second kappa shape index (κ2) is 6.10. The minimum atomic E-state index is -0.464. The van der Waals surface area contributed by atoms with E-state index in [1.54, 1.807) is 6.92 Å². The number of rotatable bonds is 4. The number of phenols is 1. The molecule has 0 aliphatic rings. The molecule has 0 aliphatic carbocycles. The summed E-state index contributed by atoms with van der Waals surface area (Å²) in [6, 6.07) is 2.49.